The molecule has 5 rings (SSSR count). The Bertz CT molecular complexity index is 1380. The van der Waals surface area contributed by atoms with Crippen molar-refractivity contribution >= 4 is 29.2 Å². The SMILES string of the molecule is CCC1=C2C(CCC(=O)N3CCC(CC(=O)O)CC3)OC(c3cccc(OC)c3OC)c3cc(Cl)ccc3N2C=CC1. The van der Waals surface area contributed by atoms with Crippen molar-refractivity contribution < 1.29 is 28.9 Å². The summed E-state index contributed by atoms with van der Waals surface area (Å²) in [4.78, 5) is 28.6. The normalized spacial score (nSPS) is 20.6. The van der Waals surface area contributed by atoms with Gasteiger partial charge < -0.3 is 29.1 Å². The predicted octanol–water partition coefficient (Wildman–Crippen LogP) is 6.73. The van der Waals surface area contributed by atoms with E-state index in [1.165, 1.54) is 5.57 Å². The summed E-state index contributed by atoms with van der Waals surface area (Å²) >= 11 is 6.57. The number of hydrogen-bond donors (Lipinski definition) is 1. The number of hydrogen-bond acceptors (Lipinski definition) is 6. The van der Waals surface area contributed by atoms with E-state index in [2.05, 4.69) is 24.1 Å². The maximum Gasteiger partial charge on any atom is 0.303 e. The third kappa shape index (κ3) is 6.15. The van der Waals surface area contributed by atoms with Gasteiger partial charge in [0.25, 0.3) is 0 Å². The number of carbonyl (C=O) groups excluding carboxylic acids is 1. The fourth-order valence-electron chi connectivity index (χ4n) is 6.44. The number of benzene rings is 2. The van der Waals surface area contributed by atoms with Gasteiger partial charge >= 0.3 is 5.97 Å². The smallest absolute Gasteiger partial charge is 0.303 e. The van der Waals surface area contributed by atoms with Crippen molar-refractivity contribution in [1.82, 2.24) is 4.90 Å². The second-order valence-electron chi connectivity index (χ2n) is 11.1. The minimum Gasteiger partial charge on any atom is -0.493 e. The van der Waals surface area contributed by atoms with E-state index in [1.807, 2.05) is 41.3 Å². The molecule has 0 saturated carbocycles. The van der Waals surface area contributed by atoms with Gasteiger partial charge in [-0.3, -0.25) is 9.59 Å². The zero-order chi connectivity index (χ0) is 29.8. The van der Waals surface area contributed by atoms with Crippen LogP contribution >= 0.6 is 11.6 Å². The number of fused-ring (bicyclic) bond motifs is 3. The van der Waals surface area contributed by atoms with Gasteiger partial charge in [0.05, 0.1) is 31.7 Å². The molecule has 1 fully saturated rings. The molecular weight excluding hydrogens is 556 g/mol. The Hall–Kier alpha value is -3.49. The van der Waals surface area contributed by atoms with Crippen LogP contribution in [-0.4, -0.2) is 55.3 Å². The molecule has 0 bridgehead atoms. The summed E-state index contributed by atoms with van der Waals surface area (Å²) in [6.07, 6.45) is 7.47. The molecule has 224 valence electrons. The van der Waals surface area contributed by atoms with Gasteiger partial charge in [0.1, 0.15) is 6.10 Å². The van der Waals surface area contributed by atoms with Gasteiger partial charge in [-0.05, 0) is 67.9 Å². The Labute approximate surface area is 252 Å². The van der Waals surface area contributed by atoms with Crippen LogP contribution in [0.25, 0.3) is 0 Å². The number of nitrogens with zero attached hydrogens (tertiary/aromatic N) is 2. The number of para-hydroxylation sites is 1. The zero-order valence-corrected chi connectivity index (χ0v) is 25.2. The zero-order valence-electron chi connectivity index (χ0n) is 24.5. The maximum absolute atomic E-state index is 13.4. The monoisotopic (exact) mass is 594 g/mol. The molecule has 0 aliphatic carbocycles. The number of allylic oxidation sites excluding steroid dienone is 2. The van der Waals surface area contributed by atoms with Crippen LogP contribution in [0, 0.1) is 5.92 Å². The van der Waals surface area contributed by atoms with Crippen LogP contribution in [0.5, 0.6) is 11.5 Å². The fourth-order valence-corrected chi connectivity index (χ4v) is 6.62. The minimum absolute atomic E-state index is 0.0734. The quantitative estimate of drug-likeness (QED) is 0.344. The highest BCUT2D eigenvalue weighted by Gasteiger charge is 2.37. The third-order valence-corrected chi connectivity index (χ3v) is 8.81. The number of carbonyl (C=O) groups is 2. The molecule has 3 heterocycles. The van der Waals surface area contributed by atoms with E-state index in [9.17, 15) is 9.59 Å². The van der Waals surface area contributed by atoms with Crippen LogP contribution in [0.2, 0.25) is 5.02 Å². The molecule has 0 radical (unpaired) electrons. The number of halogens is 1. The van der Waals surface area contributed by atoms with E-state index >= 15 is 0 Å². The minimum atomic E-state index is -0.777. The van der Waals surface area contributed by atoms with E-state index in [0.29, 0.717) is 42.5 Å². The molecule has 2 aromatic rings. The highest BCUT2D eigenvalue weighted by atomic mass is 35.5. The highest BCUT2D eigenvalue weighted by Crippen LogP contribution is 2.48. The number of ether oxygens (including phenoxy) is 3. The van der Waals surface area contributed by atoms with Crippen molar-refractivity contribution in [2.24, 2.45) is 5.92 Å². The lowest BCUT2D eigenvalue weighted by molar-refractivity contribution is -0.138. The van der Waals surface area contributed by atoms with Crippen molar-refractivity contribution in [3.05, 3.63) is 76.1 Å². The van der Waals surface area contributed by atoms with Crippen LogP contribution in [0.1, 0.15) is 69.1 Å². The first-order valence-corrected chi connectivity index (χ1v) is 15.1. The first kappa shape index (κ1) is 30.0. The van der Waals surface area contributed by atoms with Gasteiger partial charge in [-0.15, -0.1) is 0 Å². The molecule has 8 nitrogen and oxygen atoms in total. The molecule has 1 amide bonds. The number of aliphatic carboxylic acids is 1. The first-order chi connectivity index (χ1) is 20.3. The largest absolute Gasteiger partial charge is 0.493 e. The van der Waals surface area contributed by atoms with Crippen molar-refractivity contribution in [2.75, 3.05) is 32.2 Å². The molecule has 0 aromatic heterocycles. The summed E-state index contributed by atoms with van der Waals surface area (Å²) < 4.78 is 18.5. The van der Waals surface area contributed by atoms with E-state index in [0.717, 1.165) is 48.2 Å². The lowest BCUT2D eigenvalue weighted by Gasteiger charge is -2.34. The molecule has 1 N–H and O–H groups in total. The van der Waals surface area contributed by atoms with Gasteiger partial charge in [-0.1, -0.05) is 36.7 Å². The molecule has 3 aliphatic heterocycles. The Balaban J connectivity index is 1.49. The van der Waals surface area contributed by atoms with Gasteiger partial charge in [0.15, 0.2) is 11.5 Å². The van der Waals surface area contributed by atoms with Crippen molar-refractivity contribution in [3.8, 4) is 11.5 Å². The number of methoxy groups -OCH3 is 2. The summed E-state index contributed by atoms with van der Waals surface area (Å²) in [6.45, 7) is 3.33. The summed E-state index contributed by atoms with van der Waals surface area (Å²) in [5, 5.41) is 9.75. The second-order valence-corrected chi connectivity index (χ2v) is 11.5. The Morgan fingerprint density at radius 3 is 2.57 bits per heavy atom. The first-order valence-electron chi connectivity index (χ1n) is 14.7. The fraction of sp³-hybridized carbons (Fsp3) is 0.455. The van der Waals surface area contributed by atoms with Crippen molar-refractivity contribution in [3.63, 3.8) is 0 Å². The standard InChI is InChI=1S/C33H39ClN2O6/c1-4-22-7-6-16-36-26-11-10-23(34)20-25(26)32(24-8-5-9-28(40-2)33(24)41-3)42-27(31(22)36)12-13-29(37)35-17-14-21(15-18-35)19-30(38)39/h5-6,8-11,16,20-21,27,32H,4,7,12-15,17-19H2,1-3H3,(H,38,39). The van der Waals surface area contributed by atoms with Gasteiger partial charge in [-0.2, -0.15) is 0 Å². The topological polar surface area (TPSA) is 88.5 Å². The molecular formula is C33H39ClN2O6. The van der Waals surface area contributed by atoms with Crippen LogP contribution < -0.4 is 14.4 Å². The number of carboxylic acids is 1. The summed E-state index contributed by atoms with van der Waals surface area (Å²) in [7, 11) is 3.24. The third-order valence-electron chi connectivity index (χ3n) is 8.57. The Morgan fingerprint density at radius 1 is 1.10 bits per heavy atom. The molecule has 42 heavy (non-hydrogen) atoms. The van der Waals surface area contributed by atoms with Gasteiger partial charge in [0, 0.05) is 48.3 Å². The van der Waals surface area contributed by atoms with E-state index in [-0.39, 0.29) is 24.3 Å². The van der Waals surface area contributed by atoms with Gasteiger partial charge in [-0.25, -0.2) is 0 Å². The highest BCUT2D eigenvalue weighted by molar-refractivity contribution is 6.30. The predicted molar refractivity (Wildman–Crippen MR) is 162 cm³/mol. The summed E-state index contributed by atoms with van der Waals surface area (Å²) in [5.74, 6) is 0.622. The number of anilines is 1. The Morgan fingerprint density at radius 2 is 1.88 bits per heavy atom. The van der Waals surface area contributed by atoms with E-state index in [1.54, 1.807) is 14.2 Å². The number of piperidine rings is 1. The molecule has 9 heteroatoms. The molecule has 2 atom stereocenters. The lowest BCUT2D eigenvalue weighted by Crippen LogP contribution is -2.39. The Kier molecular flexibility index (Phi) is 9.43. The van der Waals surface area contributed by atoms with Crippen molar-refractivity contribution in [2.45, 2.75) is 64.1 Å². The van der Waals surface area contributed by atoms with E-state index < -0.39 is 12.1 Å². The van der Waals surface area contributed by atoms with Crippen molar-refractivity contribution in [1.29, 1.82) is 0 Å². The molecule has 1 saturated heterocycles. The molecule has 3 aliphatic rings. The summed E-state index contributed by atoms with van der Waals surface area (Å²) in [5.41, 5.74) is 5.03. The average Bonchev–Trinajstić information content (AvgIpc) is 3.13. The van der Waals surface area contributed by atoms with Crippen LogP contribution in [-0.2, 0) is 14.3 Å². The number of carboxylic acid groups (broad SMARTS) is 1. The van der Waals surface area contributed by atoms with Crippen LogP contribution in [0.15, 0.2) is 59.9 Å². The average molecular weight is 595 g/mol. The van der Waals surface area contributed by atoms with Crippen LogP contribution in [0.4, 0.5) is 5.69 Å². The number of amides is 1. The molecule has 0 spiro atoms. The van der Waals surface area contributed by atoms with Gasteiger partial charge in [0.2, 0.25) is 5.91 Å². The number of likely N-dealkylation sites (tertiary alicyclic amines) is 1. The van der Waals surface area contributed by atoms with E-state index in [4.69, 9.17) is 30.9 Å². The summed E-state index contributed by atoms with van der Waals surface area (Å²) in [6, 6.07) is 11.6. The molecule has 2 unspecified atom stereocenters. The maximum atomic E-state index is 13.4. The lowest BCUT2D eigenvalue weighted by atomic mass is 9.93. The molecule has 2 aromatic carbocycles. The second kappa shape index (κ2) is 13.2. The van der Waals surface area contributed by atoms with Crippen LogP contribution in [0.3, 0.4) is 0 Å². The number of rotatable bonds is 9.